The van der Waals surface area contributed by atoms with Crippen molar-refractivity contribution in [2.75, 3.05) is 39.3 Å². The van der Waals surface area contributed by atoms with Crippen molar-refractivity contribution in [1.82, 2.24) is 15.1 Å². The molecule has 3 rings (SSSR count). The van der Waals surface area contributed by atoms with E-state index in [1.54, 1.807) is 25.3 Å². The van der Waals surface area contributed by atoms with E-state index in [0.29, 0.717) is 5.76 Å². The number of rotatable bonds is 6. The molecule has 152 valence electrons. The van der Waals surface area contributed by atoms with Gasteiger partial charge in [-0.3, -0.25) is 4.90 Å². The first-order valence-corrected chi connectivity index (χ1v) is 10.1. The van der Waals surface area contributed by atoms with Crippen molar-refractivity contribution in [2.45, 2.75) is 32.9 Å². The average molecular weight is 385 g/mol. The van der Waals surface area contributed by atoms with Crippen LogP contribution in [0, 0.1) is 6.92 Å². The molecule has 0 spiro atoms. The van der Waals surface area contributed by atoms with Crippen LogP contribution in [0.2, 0.25) is 0 Å². The van der Waals surface area contributed by atoms with E-state index in [9.17, 15) is 5.11 Å². The van der Waals surface area contributed by atoms with E-state index in [1.807, 2.05) is 0 Å². The highest BCUT2D eigenvalue weighted by molar-refractivity contribution is 5.80. The molecular weight excluding hydrogens is 352 g/mol. The number of nitrogens with zero attached hydrogens (tertiary/aromatic N) is 3. The summed E-state index contributed by atoms with van der Waals surface area (Å²) < 4.78 is 5.36. The highest BCUT2D eigenvalue weighted by Crippen LogP contribution is 2.21. The van der Waals surface area contributed by atoms with Crippen LogP contribution in [0.25, 0.3) is 0 Å². The van der Waals surface area contributed by atoms with E-state index >= 15 is 0 Å². The Labute approximate surface area is 167 Å². The minimum Gasteiger partial charge on any atom is -0.466 e. The molecule has 28 heavy (non-hydrogen) atoms. The molecular formula is C22H32N4O2. The highest BCUT2D eigenvalue weighted by Gasteiger charge is 2.27. The van der Waals surface area contributed by atoms with E-state index in [0.717, 1.165) is 45.2 Å². The Morgan fingerprint density at radius 2 is 2.00 bits per heavy atom. The largest absolute Gasteiger partial charge is 0.466 e. The predicted molar refractivity (Wildman–Crippen MR) is 112 cm³/mol. The number of guanidine groups is 1. The molecule has 1 aromatic carbocycles. The molecule has 1 aromatic heterocycles. The third-order valence-electron chi connectivity index (χ3n) is 5.08. The summed E-state index contributed by atoms with van der Waals surface area (Å²) in [5.74, 6) is 1.39. The molecule has 2 heterocycles. The van der Waals surface area contributed by atoms with E-state index in [2.05, 4.69) is 58.2 Å². The number of piperazine rings is 1. The van der Waals surface area contributed by atoms with Gasteiger partial charge in [0.05, 0.1) is 12.8 Å². The van der Waals surface area contributed by atoms with Crippen molar-refractivity contribution in [3.8, 4) is 0 Å². The van der Waals surface area contributed by atoms with Crippen LogP contribution in [0.15, 0.2) is 52.1 Å². The van der Waals surface area contributed by atoms with Crippen LogP contribution in [-0.2, 0) is 12.1 Å². The van der Waals surface area contributed by atoms with Crippen molar-refractivity contribution < 1.29 is 9.52 Å². The molecule has 0 bridgehead atoms. The standard InChI is InChI=1S/C22H32N4O2/c1-4-23-21(24-17-22(3,27)20-9-6-14-28-20)26-12-10-25(11-13-26)16-19-8-5-7-18(2)15-19/h5-9,14-15,27H,4,10-13,16-17H2,1-3H3,(H,23,24). The Kier molecular flexibility index (Phi) is 6.75. The number of benzene rings is 1. The number of hydrogen-bond donors (Lipinski definition) is 2. The Balaban J connectivity index is 1.58. The zero-order valence-corrected chi connectivity index (χ0v) is 17.2. The number of aliphatic hydroxyl groups is 1. The molecule has 0 aliphatic carbocycles. The van der Waals surface area contributed by atoms with Crippen LogP contribution in [0.5, 0.6) is 0 Å². The van der Waals surface area contributed by atoms with Gasteiger partial charge in [0.2, 0.25) is 0 Å². The van der Waals surface area contributed by atoms with E-state index in [1.165, 1.54) is 11.1 Å². The lowest BCUT2D eigenvalue weighted by Gasteiger charge is -2.37. The van der Waals surface area contributed by atoms with Crippen molar-refractivity contribution in [3.05, 3.63) is 59.5 Å². The minimum absolute atomic E-state index is 0.256. The third-order valence-corrected chi connectivity index (χ3v) is 5.08. The molecule has 6 nitrogen and oxygen atoms in total. The lowest BCUT2D eigenvalue weighted by atomic mass is 10.0. The van der Waals surface area contributed by atoms with Crippen LogP contribution in [-0.4, -0.2) is 60.1 Å². The minimum atomic E-state index is -1.11. The Morgan fingerprint density at radius 1 is 1.21 bits per heavy atom. The lowest BCUT2D eigenvalue weighted by Crippen LogP contribution is -2.52. The van der Waals surface area contributed by atoms with Gasteiger partial charge in [0.15, 0.2) is 5.96 Å². The van der Waals surface area contributed by atoms with Gasteiger partial charge in [0, 0.05) is 39.3 Å². The molecule has 1 aliphatic rings. The predicted octanol–water partition coefficient (Wildman–Crippen LogP) is 2.58. The second kappa shape index (κ2) is 9.26. The summed E-state index contributed by atoms with van der Waals surface area (Å²) in [4.78, 5) is 9.44. The first kappa shape index (κ1) is 20.4. The molecule has 0 amide bonds. The Bertz CT molecular complexity index is 763. The molecule has 2 aromatic rings. The fourth-order valence-corrected chi connectivity index (χ4v) is 3.50. The monoisotopic (exact) mass is 384 g/mol. The molecule has 1 aliphatic heterocycles. The van der Waals surface area contributed by atoms with Gasteiger partial charge in [-0.15, -0.1) is 0 Å². The quantitative estimate of drug-likeness (QED) is 0.592. The van der Waals surface area contributed by atoms with Crippen molar-refractivity contribution in [3.63, 3.8) is 0 Å². The smallest absolute Gasteiger partial charge is 0.194 e. The van der Waals surface area contributed by atoms with Gasteiger partial charge in [0.1, 0.15) is 11.4 Å². The molecule has 2 N–H and O–H groups in total. The fourth-order valence-electron chi connectivity index (χ4n) is 3.50. The molecule has 0 saturated carbocycles. The number of nitrogens with one attached hydrogen (secondary N) is 1. The molecule has 1 unspecified atom stereocenters. The summed E-state index contributed by atoms with van der Waals surface area (Å²) in [5, 5.41) is 14.0. The molecule has 1 saturated heterocycles. The summed E-state index contributed by atoms with van der Waals surface area (Å²) in [6, 6.07) is 12.3. The van der Waals surface area contributed by atoms with Crippen molar-refractivity contribution >= 4 is 5.96 Å². The summed E-state index contributed by atoms with van der Waals surface area (Å²) in [5.41, 5.74) is 1.56. The number of aryl methyl sites for hydroxylation is 1. The topological polar surface area (TPSA) is 64.2 Å². The van der Waals surface area contributed by atoms with Gasteiger partial charge < -0.3 is 19.7 Å². The average Bonchev–Trinajstić information content (AvgIpc) is 3.22. The molecule has 0 radical (unpaired) electrons. The Morgan fingerprint density at radius 3 is 2.64 bits per heavy atom. The molecule has 1 fully saturated rings. The van der Waals surface area contributed by atoms with Crippen LogP contribution in [0.3, 0.4) is 0 Å². The first-order valence-electron chi connectivity index (χ1n) is 10.1. The summed E-state index contributed by atoms with van der Waals surface area (Å²) in [6.45, 7) is 11.8. The van der Waals surface area contributed by atoms with Crippen molar-refractivity contribution in [1.29, 1.82) is 0 Å². The van der Waals surface area contributed by atoms with Crippen LogP contribution in [0.4, 0.5) is 0 Å². The number of hydrogen-bond acceptors (Lipinski definition) is 4. The second-order valence-corrected chi connectivity index (χ2v) is 7.67. The van der Waals surface area contributed by atoms with Gasteiger partial charge in [-0.2, -0.15) is 0 Å². The number of furan rings is 1. The maximum absolute atomic E-state index is 10.7. The van der Waals surface area contributed by atoms with Gasteiger partial charge in [-0.1, -0.05) is 29.8 Å². The summed E-state index contributed by atoms with van der Waals surface area (Å²) in [7, 11) is 0. The van der Waals surface area contributed by atoms with Crippen LogP contribution >= 0.6 is 0 Å². The Hall–Kier alpha value is -2.31. The third kappa shape index (κ3) is 5.36. The van der Waals surface area contributed by atoms with Gasteiger partial charge in [-0.25, -0.2) is 4.99 Å². The maximum atomic E-state index is 10.7. The fraction of sp³-hybridized carbons (Fsp3) is 0.500. The van der Waals surface area contributed by atoms with Crippen LogP contribution in [0.1, 0.15) is 30.7 Å². The van der Waals surface area contributed by atoms with E-state index in [4.69, 9.17) is 4.42 Å². The second-order valence-electron chi connectivity index (χ2n) is 7.67. The molecule has 1 atom stereocenters. The van der Waals surface area contributed by atoms with E-state index in [-0.39, 0.29) is 6.54 Å². The summed E-state index contributed by atoms with van der Waals surface area (Å²) in [6.07, 6.45) is 1.58. The van der Waals surface area contributed by atoms with Crippen molar-refractivity contribution in [2.24, 2.45) is 4.99 Å². The van der Waals surface area contributed by atoms with Crippen LogP contribution < -0.4 is 5.32 Å². The highest BCUT2D eigenvalue weighted by atomic mass is 16.4. The SMILES string of the molecule is CCNC(=NCC(C)(O)c1ccco1)N1CCN(Cc2cccc(C)c2)CC1. The zero-order chi connectivity index (χ0) is 20.0. The molecule has 6 heteroatoms. The maximum Gasteiger partial charge on any atom is 0.194 e. The zero-order valence-electron chi connectivity index (χ0n) is 17.2. The van der Waals surface area contributed by atoms with E-state index < -0.39 is 5.60 Å². The number of aliphatic imine (C=N–C) groups is 1. The van der Waals surface area contributed by atoms with Gasteiger partial charge in [0.25, 0.3) is 0 Å². The normalized spacial score (nSPS) is 18.1. The summed E-state index contributed by atoms with van der Waals surface area (Å²) >= 11 is 0. The van der Waals surface area contributed by atoms with Gasteiger partial charge in [-0.05, 0) is 38.5 Å². The first-order chi connectivity index (χ1) is 13.5. The lowest BCUT2D eigenvalue weighted by molar-refractivity contribution is 0.0433. The van der Waals surface area contributed by atoms with Gasteiger partial charge >= 0.3 is 0 Å².